The first-order valence-electron chi connectivity index (χ1n) is 6.40. The standard InChI is InChI=1S/C14H20N2OS/c1-10-2-6-12(7-3-10)18-9-8-13(14(15)17)16-11-4-5-11/h2-3,6-7,11,13,16H,4-5,8-9H2,1H3,(H2,15,17). The third-order valence-electron chi connectivity index (χ3n) is 3.05. The average Bonchev–Trinajstić information content (AvgIpc) is 3.14. The first-order valence-corrected chi connectivity index (χ1v) is 7.38. The number of benzene rings is 1. The summed E-state index contributed by atoms with van der Waals surface area (Å²) in [4.78, 5) is 12.5. The van der Waals surface area contributed by atoms with Crippen LogP contribution in [0.1, 0.15) is 24.8 Å². The summed E-state index contributed by atoms with van der Waals surface area (Å²) in [5.74, 6) is 0.683. The minimum absolute atomic E-state index is 0.171. The number of nitrogens with two attached hydrogens (primary N) is 1. The van der Waals surface area contributed by atoms with Crippen LogP contribution in [-0.2, 0) is 4.79 Å². The van der Waals surface area contributed by atoms with Crippen LogP contribution in [-0.4, -0.2) is 23.7 Å². The van der Waals surface area contributed by atoms with Crippen LogP contribution in [0.15, 0.2) is 29.2 Å². The zero-order valence-electron chi connectivity index (χ0n) is 10.7. The molecule has 0 bridgehead atoms. The molecule has 0 saturated heterocycles. The fraction of sp³-hybridized carbons (Fsp3) is 0.500. The van der Waals surface area contributed by atoms with E-state index < -0.39 is 0 Å². The van der Waals surface area contributed by atoms with Crippen molar-refractivity contribution in [2.45, 2.75) is 43.2 Å². The number of rotatable bonds is 7. The van der Waals surface area contributed by atoms with Gasteiger partial charge in [0.15, 0.2) is 0 Å². The summed E-state index contributed by atoms with van der Waals surface area (Å²) in [6.45, 7) is 2.08. The quantitative estimate of drug-likeness (QED) is 0.741. The van der Waals surface area contributed by atoms with Crippen LogP contribution in [0.3, 0.4) is 0 Å². The van der Waals surface area contributed by atoms with Gasteiger partial charge in [-0.25, -0.2) is 0 Å². The van der Waals surface area contributed by atoms with Crippen molar-refractivity contribution in [3.05, 3.63) is 29.8 Å². The molecule has 1 aromatic rings. The minimum Gasteiger partial charge on any atom is -0.368 e. The lowest BCUT2D eigenvalue weighted by atomic mass is 10.2. The second-order valence-corrected chi connectivity index (χ2v) is 6.01. The molecule has 1 aliphatic carbocycles. The van der Waals surface area contributed by atoms with E-state index >= 15 is 0 Å². The van der Waals surface area contributed by atoms with E-state index in [1.54, 1.807) is 11.8 Å². The lowest BCUT2D eigenvalue weighted by Gasteiger charge is -2.14. The van der Waals surface area contributed by atoms with Crippen molar-refractivity contribution in [2.24, 2.45) is 5.73 Å². The molecule has 98 valence electrons. The molecule has 0 spiro atoms. The molecule has 0 heterocycles. The Morgan fingerprint density at radius 2 is 2.11 bits per heavy atom. The molecule has 0 aromatic heterocycles. The van der Waals surface area contributed by atoms with Crippen molar-refractivity contribution < 1.29 is 4.79 Å². The van der Waals surface area contributed by atoms with E-state index in [1.807, 2.05) is 0 Å². The number of thioether (sulfide) groups is 1. The Kier molecular flexibility index (Phi) is 4.66. The minimum atomic E-state index is -0.230. The van der Waals surface area contributed by atoms with Gasteiger partial charge < -0.3 is 11.1 Å². The molecular formula is C14H20N2OS. The smallest absolute Gasteiger partial charge is 0.234 e. The molecule has 1 saturated carbocycles. The van der Waals surface area contributed by atoms with Gasteiger partial charge in [0, 0.05) is 10.9 Å². The van der Waals surface area contributed by atoms with Crippen LogP contribution in [0.5, 0.6) is 0 Å². The van der Waals surface area contributed by atoms with Gasteiger partial charge in [-0.15, -0.1) is 11.8 Å². The molecular weight excluding hydrogens is 244 g/mol. The molecule has 1 unspecified atom stereocenters. The summed E-state index contributed by atoms with van der Waals surface area (Å²) in [5, 5.41) is 3.30. The molecule has 1 aliphatic rings. The van der Waals surface area contributed by atoms with Gasteiger partial charge in [-0.2, -0.15) is 0 Å². The van der Waals surface area contributed by atoms with Gasteiger partial charge in [0.1, 0.15) is 0 Å². The molecule has 1 atom stereocenters. The first kappa shape index (κ1) is 13.4. The zero-order chi connectivity index (χ0) is 13.0. The van der Waals surface area contributed by atoms with Crippen molar-refractivity contribution >= 4 is 17.7 Å². The predicted octanol–water partition coefficient (Wildman–Crippen LogP) is 2.08. The number of aryl methyl sites for hydroxylation is 1. The fourth-order valence-corrected chi connectivity index (χ4v) is 2.69. The Morgan fingerprint density at radius 3 is 2.67 bits per heavy atom. The van der Waals surface area contributed by atoms with E-state index in [9.17, 15) is 4.79 Å². The summed E-state index contributed by atoms with van der Waals surface area (Å²) in [6, 6.07) is 8.80. The highest BCUT2D eigenvalue weighted by Crippen LogP contribution is 2.22. The maximum Gasteiger partial charge on any atom is 0.234 e. The van der Waals surface area contributed by atoms with E-state index in [-0.39, 0.29) is 11.9 Å². The second kappa shape index (κ2) is 6.25. The fourth-order valence-electron chi connectivity index (χ4n) is 1.77. The Hall–Kier alpha value is -1.00. The number of hydrogen-bond donors (Lipinski definition) is 2. The summed E-state index contributed by atoms with van der Waals surface area (Å²) in [6.07, 6.45) is 3.15. The normalized spacial score (nSPS) is 16.5. The predicted molar refractivity (Wildman–Crippen MR) is 75.7 cm³/mol. The van der Waals surface area contributed by atoms with Gasteiger partial charge in [0.05, 0.1) is 6.04 Å². The van der Waals surface area contributed by atoms with E-state index in [1.165, 1.54) is 23.3 Å². The zero-order valence-corrected chi connectivity index (χ0v) is 11.5. The molecule has 1 fully saturated rings. The number of carbonyl (C=O) groups excluding carboxylic acids is 1. The van der Waals surface area contributed by atoms with Gasteiger partial charge in [0.2, 0.25) is 5.91 Å². The Balaban J connectivity index is 1.75. The number of amides is 1. The third-order valence-corrected chi connectivity index (χ3v) is 4.10. The maximum absolute atomic E-state index is 11.3. The lowest BCUT2D eigenvalue weighted by Crippen LogP contribution is -2.42. The lowest BCUT2D eigenvalue weighted by molar-refractivity contribution is -0.120. The van der Waals surface area contributed by atoms with E-state index in [0.29, 0.717) is 6.04 Å². The summed E-state index contributed by atoms with van der Waals surface area (Å²) in [5.41, 5.74) is 6.67. The molecule has 3 nitrogen and oxygen atoms in total. The Morgan fingerprint density at radius 1 is 1.44 bits per heavy atom. The topological polar surface area (TPSA) is 55.1 Å². The van der Waals surface area contributed by atoms with Crippen LogP contribution in [0.25, 0.3) is 0 Å². The SMILES string of the molecule is Cc1ccc(SCCC(NC2CC2)C(N)=O)cc1. The van der Waals surface area contributed by atoms with Crippen LogP contribution < -0.4 is 11.1 Å². The molecule has 2 rings (SSSR count). The monoisotopic (exact) mass is 264 g/mol. The molecule has 0 radical (unpaired) electrons. The number of hydrogen-bond acceptors (Lipinski definition) is 3. The largest absolute Gasteiger partial charge is 0.368 e. The van der Waals surface area contributed by atoms with Crippen LogP contribution >= 0.6 is 11.8 Å². The van der Waals surface area contributed by atoms with E-state index in [2.05, 4.69) is 36.5 Å². The van der Waals surface area contributed by atoms with Gasteiger partial charge in [0.25, 0.3) is 0 Å². The molecule has 1 amide bonds. The third kappa shape index (κ3) is 4.35. The summed E-state index contributed by atoms with van der Waals surface area (Å²) < 4.78 is 0. The van der Waals surface area contributed by atoms with Gasteiger partial charge in [-0.1, -0.05) is 17.7 Å². The summed E-state index contributed by atoms with van der Waals surface area (Å²) >= 11 is 1.77. The van der Waals surface area contributed by atoms with Gasteiger partial charge in [-0.3, -0.25) is 4.79 Å². The van der Waals surface area contributed by atoms with Gasteiger partial charge >= 0.3 is 0 Å². The molecule has 18 heavy (non-hydrogen) atoms. The van der Waals surface area contributed by atoms with Crippen LogP contribution in [0.4, 0.5) is 0 Å². The van der Waals surface area contributed by atoms with Crippen molar-refractivity contribution in [2.75, 3.05) is 5.75 Å². The summed E-state index contributed by atoms with van der Waals surface area (Å²) in [7, 11) is 0. The van der Waals surface area contributed by atoms with Crippen LogP contribution in [0, 0.1) is 6.92 Å². The molecule has 4 heteroatoms. The Bertz CT molecular complexity index is 401. The Labute approximate surface area is 113 Å². The van der Waals surface area contributed by atoms with Crippen molar-refractivity contribution in [3.8, 4) is 0 Å². The first-order chi connectivity index (χ1) is 8.65. The molecule has 3 N–H and O–H groups in total. The van der Waals surface area contributed by atoms with Gasteiger partial charge in [-0.05, 0) is 44.1 Å². The maximum atomic E-state index is 11.3. The molecule has 0 aliphatic heterocycles. The number of primary amides is 1. The van der Waals surface area contributed by atoms with Crippen molar-refractivity contribution in [1.29, 1.82) is 0 Å². The van der Waals surface area contributed by atoms with Crippen molar-refractivity contribution in [3.63, 3.8) is 0 Å². The highest BCUT2D eigenvalue weighted by atomic mass is 32.2. The van der Waals surface area contributed by atoms with E-state index in [4.69, 9.17) is 5.73 Å². The van der Waals surface area contributed by atoms with Crippen LogP contribution in [0.2, 0.25) is 0 Å². The molecule has 1 aromatic carbocycles. The number of nitrogens with one attached hydrogen (secondary N) is 1. The number of carbonyl (C=O) groups is 1. The second-order valence-electron chi connectivity index (χ2n) is 4.85. The van der Waals surface area contributed by atoms with Crippen molar-refractivity contribution in [1.82, 2.24) is 5.32 Å². The average molecular weight is 264 g/mol. The highest BCUT2D eigenvalue weighted by molar-refractivity contribution is 7.99. The highest BCUT2D eigenvalue weighted by Gasteiger charge is 2.26. The van der Waals surface area contributed by atoms with E-state index in [0.717, 1.165) is 12.2 Å².